The minimum atomic E-state index is 0. The van der Waals surface area contributed by atoms with E-state index in [1.807, 2.05) is 49.5 Å². The third kappa shape index (κ3) is 3.84. The predicted molar refractivity (Wildman–Crippen MR) is 93.0 cm³/mol. The molecule has 2 aromatic rings. The number of rotatable bonds is 4. The lowest BCUT2D eigenvalue weighted by atomic mass is 10.1. The first-order valence-corrected chi connectivity index (χ1v) is 7.38. The number of nitrogens with one attached hydrogen (secondary N) is 1. The van der Waals surface area contributed by atoms with Crippen molar-refractivity contribution in [3.8, 4) is 5.75 Å². The number of ether oxygens (including phenoxy) is 1. The van der Waals surface area contributed by atoms with Crippen molar-refractivity contribution in [2.24, 2.45) is 0 Å². The van der Waals surface area contributed by atoms with Gasteiger partial charge in [-0.3, -0.25) is 4.79 Å². The molecular weight excluding hydrogens is 312 g/mol. The van der Waals surface area contributed by atoms with Crippen LogP contribution in [0.4, 0.5) is 0 Å². The average Bonchev–Trinajstić information content (AvgIpc) is 3.02. The van der Waals surface area contributed by atoms with Crippen molar-refractivity contribution >= 4 is 18.3 Å². The van der Waals surface area contributed by atoms with E-state index in [0.29, 0.717) is 6.54 Å². The summed E-state index contributed by atoms with van der Waals surface area (Å²) >= 11 is 0. The van der Waals surface area contributed by atoms with Gasteiger partial charge in [-0.25, -0.2) is 0 Å². The monoisotopic (exact) mass is 332 g/mol. The number of halogens is 1. The number of carbonyl (C=O) groups is 1. The number of amides is 1. The molecule has 0 fully saturated rings. The Balaban J connectivity index is 0.00000192. The summed E-state index contributed by atoms with van der Waals surface area (Å²) in [6.07, 6.45) is 0. The van der Waals surface area contributed by atoms with Crippen molar-refractivity contribution < 1.29 is 9.53 Å². The summed E-state index contributed by atoms with van der Waals surface area (Å²) in [5, 5.41) is 3.30. The Morgan fingerprint density at radius 3 is 2.52 bits per heavy atom. The van der Waals surface area contributed by atoms with Crippen LogP contribution in [0.25, 0.3) is 0 Å². The van der Waals surface area contributed by atoms with Gasteiger partial charge < -0.3 is 15.0 Å². The number of carbonyl (C=O) groups excluding carboxylic acids is 1. The molecule has 0 saturated heterocycles. The summed E-state index contributed by atoms with van der Waals surface area (Å²) in [4.78, 5) is 14.3. The maximum absolute atomic E-state index is 12.6. The number of benzene rings is 2. The Kier molecular flexibility index (Phi) is 5.64. The Hall–Kier alpha value is -2.04. The first kappa shape index (κ1) is 17.3. The van der Waals surface area contributed by atoms with Crippen LogP contribution >= 0.6 is 12.4 Å². The summed E-state index contributed by atoms with van der Waals surface area (Å²) in [5.41, 5.74) is 4.34. The van der Waals surface area contributed by atoms with Gasteiger partial charge in [0.25, 0.3) is 5.91 Å². The number of hydrogen-bond acceptors (Lipinski definition) is 3. The first-order chi connectivity index (χ1) is 10.7. The molecule has 1 aliphatic rings. The highest BCUT2D eigenvalue weighted by atomic mass is 35.5. The van der Waals surface area contributed by atoms with Gasteiger partial charge in [-0.15, -0.1) is 12.4 Å². The van der Waals surface area contributed by atoms with Gasteiger partial charge in [-0.05, 0) is 41.0 Å². The lowest BCUT2D eigenvalue weighted by Gasteiger charge is -2.18. The van der Waals surface area contributed by atoms with E-state index >= 15 is 0 Å². The highest BCUT2D eigenvalue weighted by Gasteiger charge is 2.16. The van der Waals surface area contributed by atoms with E-state index in [1.165, 1.54) is 11.1 Å². The van der Waals surface area contributed by atoms with Crippen LogP contribution in [0.2, 0.25) is 0 Å². The molecule has 0 atom stereocenters. The lowest BCUT2D eigenvalue weighted by Crippen LogP contribution is -2.26. The van der Waals surface area contributed by atoms with Gasteiger partial charge in [-0.1, -0.05) is 18.2 Å². The smallest absolute Gasteiger partial charge is 0.253 e. The standard InChI is InChI=1S/C18H20N2O2.ClH/c1-20(12-13-3-7-17(22-2)8-4-13)18(21)14-5-6-15-10-19-11-16(15)9-14;/h3-9,19H,10-12H2,1-2H3;1H. The van der Waals surface area contributed by atoms with Gasteiger partial charge in [0.05, 0.1) is 7.11 Å². The summed E-state index contributed by atoms with van der Waals surface area (Å²) in [6.45, 7) is 2.32. The molecule has 5 heteroatoms. The third-order valence-corrected chi connectivity index (χ3v) is 4.01. The zero-order valence-corrected chi connectivity index (χ0v) is 14.2. The van der Waals surface area contributed by atoms with Gasteiger partial charge >= 0.3 is 0 Å². The SMILES string of the molecule is COc1ccc(CN(C)C(=O)c2ccc3c(c2)CNC3)cc1.Cl. The van der Waals surface area contributed by atoms with Crippen molar-refractivity contribution in [3.63, 3.8) is 0 Å². The number of hydrogen-bond donors (Lipinski definition) is 1. The zero-order chi connectivity index (χ0) is 15.5. The number of nitrogens with zero attached hydrogens (tertiary/aromatic N) is 1. The van der Waals surface area contributed by atoms with E-state index in [0.717, 1.165) is 30.0 Å². The first-order valence-electron chi connectivity index (χ1n) is 7.38. The zero-order valence-electron chi connectivity index (χ0n) is 13.3. The Morgan fingerprint density at radius 2 is 1.83 bits per heavy atom. The molecule has 0 saturated carbocycles. The normalized spacial score (nSPS) is 12.3. The number of methoxy groups -OCH3 is 1. The number of fused-ring (bicyclic) bond motifs is 1. The van der Waals surface area contributed by atoms with Gasteiger partial charge in [0.2, 0.25) is 0 Å². The molecule has 0 spiro atoms. The predicted octanol–water partition coefficient (Wildman–Crippen LogP) is 2.99. The van der Waals surface area contributed by atoms with E-state index in [-0.39, 0.29) is 18.3 Å². The van der Waals surface area contributed by atoms with Crippen LogP contribution in [-0.2, 0) is 19.6 Å². The minimum absolute atomic E-state index is 0. The Labute approximate surface area is 142 Å². The molecule has 0 aliphatic carbocycles. The minimum Gasteiger partial charge on any atom is -0.497 e. The molecule has 23 heavy (non-hydrogen) atoms. The highest BCUT2D eigenvalue weighted by molar-refractivity contribution is 5.94. The van der Waals surface area contributed by atoms with Crippen molar-refractivity contribution in [1.29, 1.82) is 0 Å². The molecule has 0 bridgehead atoms. The van der Waals surface area contributed by atoms with Crippen LogP contribution in [-0.4, -0.2) is 25.0 Å². The Morgan fingerprint density at radius 1 is 1.13 bits per heavy atom. The topological polar surface area (TPSA) is 41.6 Å². The van der Waals surface area contributed by atoms with Crippen LogP contribution in [0.3, 0.4) is 0 Å². The molecule has 3 rings (SSSR count). The highest BCUT2D eigenvalue weighted by Crippen LogP contribution is 2.19. The summed E-state index contributed by atoms with van der Waals surface area (Å²) in [5.74, 6) is 0.870. The van der Waals surface area contributed by atoms with Gasteiger partial charge in [-0.2, -0.15) is 0 Å². The maximum Gasteiger partial charge on any atom is 0.253 e. The molecule has 0 radical (unpaired) electrons. The molecule has 1 amide bonds. The van der Waals surface area contributed by atoms with Crippen LogP contribution < -0.4 is 10.1 Å². The quantitative estimate of drug-likeness (QED) is 0.935. The Bertz CT molecular complexity index is 686. The van der Waals surface area contributed by atoms with Crippen LogP contribution in [0.5, 0.6) is 5.75 Å². The van der Waals surface area contributed by atoms with Crippen molar-refractivity contribution in [3.05, 3.63) is 64.7 Å². The molecule has 1 N–H and O–H groups in total. The summed E-state index contributed by atoms with van der Waals surface area (Å²) in [6, 6.07) is 13.7. The molecule has 1 heterocycles. The van der Waals surface area contributed by atoms with Crippen LogP contribution in [0.15, 0.2) is 42.5 Å². The third-order valence-electron chi connectivity index (χ3n) is 4.01. The van der Waals surface area contributed by atoms with Crippen molar-refractivity contribution in [1.82, 2.24) is 10.2 Å². The molecule has 0 aromatic heterocycles. The largest absolute Gasteiger partial charge is 0.497 e. The summed E-state index contributed by atoms with van der Waals surface area (Å²) in [7, 11) is 3.48. The summed E-state index contributed by atoms with van der Waals surface area (Å²) < 4.78 is 5.15. The molecule has 2 aromatic carbocycles. The van der Waals surface area contributed by atoms with Crippen LogP contribution in [0.1, 0.15) is 27.0 Å². The van der Waals surface area contributed by atoms with E-state index in [9.17, 15) is 4.79 Å². The van der Waals surface area contributed by atoms with Crippen LogP contribution in [0, 0.1) is 0 Å². The van der Waals surface area contributed by atoms with Crippen molar-refractivity contribution in [2.45, 2.75) is 19.6 Å². The molecule has 4 nitrogen and oxygen atoms in total. The lowest BCUT2D eigenvalue weighted by molar-refractivity contribution is 0.0785. The average molecular weight is 333 g/mol. The fraction of sp³-hybridized carbons (Fsp3) is 0.278. The second-order valence-electron chi connectivity index (χ2n) is 5.60. The van der Waals surface area contributed by atoms with E-state index in [2.05, 4.69) is 5.32 Å². The molecule has 1 aliphatic heterocycles. The van der Waals surface area contributed by atoms with Gasteiger partial charge in [0, 0.05) is 32.2 Å². The van der Waals surface area contributed by atoms with Gasteiger partial charge in [0.15, 0.2) is 0 Å². The van der Waals surface area contributed by atoms with Crippen molar-refractivity contribution in [2.75, 3.05) is 14.2 Å². The maximum atomic E-state index is 12.6. The fourth-order valence-electron chi connectivity index (χ4n) is 2.72. The molecule has 0 unspecified atom stereocenters. The van der Waals surface area contributed by atoms with E-state index in [1.54, 1.807) is 12.0 Å². The second-order valence-corrected chi connectivity index (χ2v) is 5.60. The van der Waals surface area contributed by atoms with Gasteiger partial charge in [0.1, 0.15) is 5.75 Å². The fourth-order valence-corrected chi connectivity index (χ4v) is 2.72. The second kappa shape index (κ2) is 7.49. The van der Waals surface area contributed by atoms with E-state index < -0.39 is 0 Å². The molecule has 122 valence electrons. The molecular formula is C18H21ClN2O2. The van der Waals surface area contributed by atoms with E-state index in [4.69, 9.17) is 4.74 Å².